The summed E-state index contributed by atoms with van der Waals surface area (Å²) in [5.41, 5.74) is 3.38. The molecule has 148 valence electrons. The largest absolute Gasteiger partial charge is 0.348 e. The fraction of sp³-hybridized carbons (Fsp3) is 0.167. The first-order valence-corrected chi connectivity index (χ1v) is 9.67. The molecule has 0 aliphatic carbocycles. The van der Waals surface area contributed by atoms with Crippen LogP contribution in [0.25, 0.3) is 0 Å². The van der Waals surface area contributed by atoms with Gasteiger partial charge in [0.2, 0.25) is 5.91 Å². The molecule has 3 aromatic carbocycles. The van der Waals surface area contributed by atoms with Gasteiger partial charge in [0.1, 0.15) is 0 Å². The van der Waals surface area contributed by atoms with Gasteiger partial charge in [-0.2, -0.15) is 0 Å². The third-order valence-corrected chi connectivity index (χ3v) is 4.42. The molecule has 3 rings (SSSR count). The van der Waals surface area contributed by atoms with Crippen LogP contribution in [0.3, 0.4) is 0 Å². The first-order chi connectivity index (χ1) is 14.2. The maximum atomic E-state index is 12.4. The van der Waals surface area contributed by atoms with E-state index >= 15 is 0 Å². The van der Waals surface area contributed by atoms with E-state index in [0.29, 0.717) is 17.8 Å². The predicted octanol–water partition coefficient (Wildman–Crippen LogP) is 3.39. The van der Waals surface area contributed by atoms with Crippen molar-refractivity contribution in [2.45, 2.75) is 13.0 Å². The third-order valence-electron chi connectivity index (χ3n) is 4.42. The van der Waals surface area contributed by atoms with Crippen LogP contribution in [0.15, 0.2) is 84.9 Å². The van der Waals surface area contributed by atoms with Gasteiger partial charge >= 0.3 is 0 Å². The molecular formula is C24H25N3O2. The zero-order valence-electron chi connectivity index (χ0n) is 16.2. The Morgan fingerprint density at radius 2 is 1.45 bits per heavy atom. The van der Waals surface area contributed by atoms with Crippen LogP contribution in [0.5, 0.6) is 0 Å². The van der Waals surface area contributed by atoms with Gasteiger partial charge in [-0.3, -0.25) is 9.59 Å². The highest BCUT2D eigenvalue weighted by molar-refractivity contribution is 5.97. The average molecular weight is 387 g/mol. The average Bonchev–Trinajstić information content (AvgIpc) is 2.77. The Kier molecular flexibility index (Phi) is 7.55. The number of carbonyl (C=O) groups excluding carboxylic acids is 2. The Morgan fingerprint density at radius 1 is 0.759 bits per heavy atom. The number of amides is 2. The minimum Gasteiger partial charge on any atom is -0.348 e. The molecule has 0 aliphatic heterocycles. The molecule has 0 unspecified atom stereocenters. The van der Waals surface area contributed by atoms with Crippen LogP contribution in [0.4, 0.5) is 5.69 Å². The molecule has 0 fully saturated rings. The molecule has 0 aliphatic rings. The summed E-state index contributed by atoms with van der Waals surface area (Å²) in [5, 5.41) is 8.86. The van der Waals surface area contributed by atoms with E-state index in [1.165, 1.54) is 5.56 Å². The predicted molar refractivity (Wildman–Crippen MR) is 116 cm³/mol. The number of benzene rings is 3. The van der Waals surface area contributed by atoms with E-state index in [2.05, 4.69) is 28.1 Å². The molecule has 0 bridgehead atoms. The van der Waals surface area contributed by atoms with Crippen LogP contribution in [0, 0.1) is 0 Å². The zero-order valence-corrected chi connectivity index (χ0v) is 16.2. The minimum atomic E-state index is -0.175. The van der Waals surface area contributed by atoms with Crippen molar-refractivity contribution in [2.24, 2.45) is 0 Å². The summed E-state index contributed by atoms with van der Waals surface area (Å²) in [4.78, 5) is 24.5. The molecule has 2 amide bonds. The molecular weight excluding hydrogens is 362 g/mol. The molecule has 0 radical (unpaired) electrons. The van der Waals surface area contributed by atoms with Crippen LogP contribution in [0.2, 0.25) is 0 Å². The Hall–Kier alpha value is -3.44. The van der Waals surface area contributed by atoms with E-state index in [9.17, 15) is 9.59 Å². The lowest BCUT2D eigenvalue weighted by Crippen LogP contribution is -2.29. The number of nitrogens with one attached hydrogen (secondary N) is 3. The monoisotopic (exact) mass is 387 g/mol. The second kappa shape index (κ2) is 10.8. The Labute approximate surface area is 171 Å². The molecule has 0 aromatic heterocycles. The normalized spacial score (nSPS) is 10.3. The number of hydrogen-bond acceptors (Lipinski definition) is 3. The summed E-state index contributed by atoms with van der Waals surface area (Å²) < 4.78 is 0. The van der Waals surface area contributed by atoms with E-state index in [1.807, 2.05) is 48.5 Å². The molecule has 5 heteroatoms. The standard InChI is InChI=1S/C24H25N3O2/c28-23(18-25-15-14-19-8-3-1-4-9-19)27-22-13-7-12-21(16-22)24(29)26-17-20-10-5-2-6-11-20/h1-13,16,25H,14-15,17-18H2,(H,26,29)(H,27,28). The lowest BCUT2D eigenvalue weighted by Gasteiger charge is -2.09. The summed E-state index contributed by atoms with van der Waals surface area (Å²) >= 11 is 0. The first-order valence-electron chi connectivity index (χ1n) is 9.67. The molecule has 0 spiro atoms. The maximum absolute atomic E-state index is 12.4. The van der Waals surface area contributed by atoms with Crippen LogP contribution in [-0.4, -0.2) is 24.9 Å². The highest BCUT2D eigenvalue weighted by Gasteiger charge is 2.08. The van der Waals surface area contributed by atoms with Crippen molar-refractivity contribution >= 4 is 17.5 Å². The molecule has 29 heavy (non-hydrogen) atoms. The minimum absolute atomic E-state index is 0.139. The highest BCUT2D eigenvalue weighted by Crippen LogP contribution is 2.11. The first kappa shape index (κ1) is 20.3. The molecule has 5 nitrogen and oxygen atoms in total. The second-order valence-electron chi connectivity index (χ2n) is 6.71. The molecule has 0 saturated carbocycles. The molecule has 0 atom stereocenters. The van der Waals surface area contributed by atoms with Gasteiger partial charge in [-0.15, -0.1) is 0 Å². The SMILES string of the molecule is O=C(CNCCc1ccccc1)Nc1cccc(C(=O)NCc2ccccc2)c1. The fourth-order valence-electron chi connectivity index (χ4n) is 2.90. The molecule has 3 aromatic rings. The summed E-state index contributed by atoms with van der Waals surface area (Å²) in [6.07, 6.45) is 0.866. The fourth-order valence-corrected chi connectivity index (χ4v) is 2.90. The van der Waals surface area contributed by atoms with E-state index < -0.39 is 0 Å². The van der Waals surface area contributed by atoms with E-state index in [4.69, 9.17) is 0 Å². The number of anilines is 1. The van der Waals surface area contributed by atoms with Crippen molar-refractivity contribution in [1.29, 1.82) is 0 Å². The van der Waals surface area contributed by atoms with Crippen LogP contribution >= 0.6 is 0 Å². The maximum Gasteiger partial charge on any atom is 0.251 e. The van der Waals surface area contributed by atoms with Crippen molar-refractivity contribution in [3.05, 3.63) is 102 Å². The number of hydrogen-bond donors (Lipinski definition) is 3. The zero-order chi connectivity index (χ0) is 20.3. The quantitative estimate of drug-likeness (QED) is 0.493. The summed E-state index contributed by atoms with van der Waals surface area (Å²) in [7, 11) is 0. The van der Waals surface area contributed by atoms with Crippen molar-refractivity contribution in [3.8, 4) is 0 Å². The molecule has 3 N–H and O–H groups in total. The van der Waals surface area contributed by atoms with Gasteiger partial charge in [0.25, 0.3) is 5.91 Å². The van der Waals surface area contributed by atoms with Crippen LogP contribution in [0.1, 0.15) is 21.5 Å². The lowest BCUT2D eigenvalue weighted by molar-refractivity contribution is -0.115. The van der Waals surface area contributed by atoms with E-state index in [1.54, 1.807) is 24.3 Å². The van der Waals surface area contributed by atoms with Crippen molar-refractivity contribution in [3.63, 3.8) is 0 Å². The number of carbonyl (C=O) groups is 2. The van der Waals surface area contributed by atoms with Gasteiger partial charge in [-0.25, -0.2) is 0 Å². The van der Waals surface area contributed by atoms with Gasteiger partial charge in [-0.05, 0) is 42.3 Å². The van der Waals surface area contributed by atoms with Crippen molar-refractivity contribution in [1.82, 2.24) is 10.6 Å². The second-order valence-corrected chi connectivity index (χ2v) is 6.71. The highest BCUT2D eigenvalue weighted by atomic mass is 16.2. The number of rotatable bonds is 9. The Morgan fingerprint density at radius 3 is 2.17 bits per heavy atom. The molecule has 0 heterocycles. The van der Waals surface area contributed by atoms with E-state index in [-0.39, 0.29) is 18.4 Å². The molecule has 0 saturated heterocycles. The Bertz CT molecular complexity index is 927. The summed E-state index contributed by atoms with van der Waals surface area (Å²) in [6, 6.07) is 26.8. The topological polar surface area (TPSA) is 70.2 Å². The van der Waals surface area contributed by atoms with Gasteiger partial charge in [-0.1, -0.05) is 66.7 Å². The smallest absolute Gasteiger partial charge is 0.251 e. The third kappa shape index (κ3) is 6.90. The van der Waals surface area contributed by atoms with Gasteiger partial charge in [0.15, 0.2) is 0 Å². The summed E-state index contributed by atoms with van der Waals surface area (Å²) in [5.74, 6) is -0.314. The van der Waals surface area contributed by atoms with Crippen LogP contribution in [-0.2, 0) is 17.8 Å². The van der Waals surface area contributed by atoms with Gasteiger partial charge in [0, 0.05) is 17.8 Å². The van der Waals surface area contributed by atoms with Crippen LogP contribution < -0.4 is 16.0 Å². The van der Waals surface area contributed by atoms with E-state index in [0.717, 1.165) is 18.5 Å². The van der Waals surface area contributed by atoms with Crippen molar-refractivity contribution < 1.29 is 9.59 Å². The lowest BCUT2D eigenvalue weighted by atomic mass is 10.1. The van der Waals surface area contributed by atoms with Crippen molar-refractivity contribution in [2.75, 3.05) is 18.4 Å². The summed E-state index contributed by atoms with van der Waals surface area (Å²) in [6.45, 7) is 1.40. The van der Waals surface area contributed by atoms with Gasteiger partial charge in [0.05, 0.1) is 6.54 Å². The Balaban J connectivity index is 1.43. The van der Waals surface area contributed by atoms with Gasteiger partial charge < -0.3 is 16.0 Å².